The lowest BCUT2D eigenvalue weighted by atomic mass is 10.0. The molecule has 1 fully saturated rings. The van der Waals surface area contributed by atoms with Crippen LogP contribution in [0.2, 0.25) is 0 Å². The van der Waals surface area contributed by atoms with Gasteiger partial charge in [-0.3, -0.25) is 4.79 Å². The van der Waals surface area contributed by atoms with Crippen LogP contribution in [0.4, 0.5) is 0 Å². The number of benzene rings is 1. The molecule has 7 heteroatoms. The quantitative estimate of drug-likeness (QED) is 0.660. The molecule has 164 valence electrons. The number of rotatable bonds is 7. The van der Waals surface area contributed by atoms with E-state index in [0.29, 0.717) is 17.9 Å². The average molecular weight is 434 g/mol. The molecule has 2 atom stereocenters. The third-order valence-corrected chi connectivity index (χ3v) is 7.25. The van der Waals surface area contributed by atoms with Crippen molar-refractivity contribution in [2.45, 2.75) is 65.6 Å². The maximum atomic E-state index is 13.4. The van der Waals surface area contributed by atoms with Gasteiger partial charge in [-0.2, -0.15) is 0 Å². The lowest BCUT2D eigenvalue weighted by Crippen LogP contribution is -2.46. The Morgan fingerprint density at radius 3 is 2.50 bits per heavy atom. The number of sulfone groups is 1. The van der Waals surface area contributed by atoms with Crippen molar-refractivity contribution >= 4 is 15.7 Å². The maximum Gasteiger partial charge on any atom is 0.264 e. The van der Waals surface area contributed by atoms with Gasteiger partial charge < -0.3 is 14.1 Å². The summed E-state index contributed by atoms with van der Waals surface area (Å²) < 4.78 is 35.9. The van der Waals surface area contributed by atoms with Crippen LogP contribution in [0.25, 0.3) is 0 Å². The molecule has 0 aliphatic carbocycles. The van der Waals surface area contributed by atoms with Gasteiger partial charge in [0, 0.05) is 6.04 Å². The van der Waals surface area contributed by atoms with Gasteiger partial charge in [0.05, 0.1) is 18.1 Å². The summed E-state index contributed by atoms with van der Waals surface area (Å²) in [7, 11) is -3.13. The monoisotopic (exact) mass is 433 g/mol. The SMILES string of the molecule is Cc1ccc(C(C)C)c(O[C@H](C)C(=O)N(Cc2ccc(C)o2)[C@@H]2CCS(=O)(=O)C2)c1. The molecule has 1 aliphatic heterocycles. The summed E-state index contributed by atoms with van der Waals surface area (Å²) >= 11 is 0. The molecule has 6 nitrogen and oxygen atoms in total. The second-order valence-corrected chi connectivity index (χ2v) is 10.7. The zero-order chi connectivity index (χ0) is 22.1. The minimum absolute atomic E-state index is 0.0210. The van der Waals surface area contributed by atoms with E-state index >= 15 is 0 Å². The molecule has 0 saturated carbocycles. The highest BCUT2D eigenvalue weighted by molar-refractivity contribution is 7.91. The van der Waals surface area contributed by atoms with Gasteiger partial charge in [-0.1, -0.05) is 26.0 Å². The minimum Gasteiger partial charge on any atom is -0.481 e. The van der Waals surface area contributed by atoms with Crippen LogP contribution >= 0.6 is 0 Å². The van der Waals surface area contributed by atoms with E-state index < -0.39 is 15.9 Å². The first-order valence-electron chi connectivity index (χ1n) is 10.4. The number of hydrogen-bond donors (Lipinski definition) is 0. The van der Waals surface area contributed by atoms with Crippen LogP contribution < -0.4 is 4.74 Å². The average Bonchev–Trinajstić information content (AvgIpc) is 3.23. The van der Waals surface area contributed by atoms with Gasteiger partial charge in [-0.05, 0) is 62.4 Å². The molecule has 2 aromatic rings. The lowest BCUT2D eigenvalue weighted by Gasteiger charge is -2.30. The van der Waals surface area contributed by atoms with E-state index in [0.717, 1.165) is 16.9 Å². The largest absolute Gasteiger partial charge is 0.481 e. The zero-order valence-corrected chi connectivity index (χ0v) is 19.2. The van der Waals surface area contributed by atoms with Gasteiger partial charge in [0.2, 0.25) is 0 Å². The molecule has 1 saturated heterocycles. The van der Waals surface area contributed by atoms with Gasteiger partial charge in [-0.25, -0.2) is 8.42 Å². The Bertz CT molecular complexity index is 1010. The first-order valence-corrected chi connectivity index (χ1v) is 12.2. The molecule has 1 amide bonds. The second-order valence-electron chi connectivity index (χ2n) is 8.49. The Hall–Kier alpha value is -2.28. The van der Waals surface area contributed by atoms with Gasteiger partial charge in [-0.15, -0.1) is 0 Å². The summed E-state index contributed by atoms with van der Waals surface area (Å²) in [5.41, 5.74) is 2.09. The number of ether oxygens (including phenoxy) is 1. The van der Waals surface area contributed by atoms with Crippen molar-refractivity contribution in [3.8, 4) is 5.75 Å². The smallest absolute Gasteiger partial charge is 0.264 e. The summed E-state index contributed by atoms with van der Waals surface area (Å²) in [6.07, 6.45) is -0.314. The van der Waals surface area contributed by atoms with Crippen molar-refractivity contribution < 1.29 is 22.4 Å². The molecule has 0 spiro atoms. The number of carbonyl (C=O) groups is 1. The number of furan rings is 1. The fraction of sp³-hybridized carbons (Fsp3) is 0.522. The summed E-state index contributed by atoms with van der Waals surface area (Å²) in [6.45, 7) is 9.94. The van der Waals surface area contributed by atoms with E-state index in [4.69, 9.17) is 9.15 Å². The Morgan fingerprint density at radius 2 is 1.93 bits per heavy atom. The molecular formula is C23H31NO5S. The van der Waals surface area contributed by atoms with Crippen LogP contribution in [0, 0.1) is 13.8 Å². The maximum absolute atomic E-state index is 13.4. The third kappa shape index (κ3) is 5.25. The molecule has 2 heterocycles. The van der Waals surface area contributed by atoms with E-state index in [2.05, 4.69) is 13.8 Å². The lowest BCUT2D eigenvalue weighted by molar-refractivity contribution is -0.141. The van der Waals surface area contributed by atoms with Crippen molar-refractivity contribution in [2.75, 3.05) is 11.5 Å². The predicted molar refractivity (Wildman–Crippen MR) is 116 cm³/mol. The number of carbonyl (C=O) groups excluding carboxylic acids is 1. The van der Waals surface area contributed by atoms with Gasteiger partial charge in [0.15, 0.2) is 15.9 Å². The first-order chi connectivity index (χ1) is 14.1. The Kier molecular flexibility index (Phi) is 6.60. The highest BCUT2D eigenvalue weighted by Gasteiger charge is 2.37. The van der Waals surface area contributed by atoms with Crippen LogP contribution in [0.3, 0.4) is 0 Å². The zero-order valence-electron chi connectivity index (χ0n) is 18.3. The third-order valence-electron chi connectivity index (χ3n) is 5.50. The molecular weight excluding hydrogens is 402 g/mol. The van der Waals surface area contributed by atoms with Crippen LogP contribution in [0.5, 0.6) is 5.75 Å². The summed E-state index contributed by atoms with van der Waals surface area (Å²) in [5.74, 6) is 2.18. The van der Waals surface area contributed by atoms with E-state index in [-0.39, 0.29) is 35.9 Å². The Morgan fingerprint density at radius 1 is 1.20 bits per heavy atom. The highest BCUT2D eigenvalue weighted by atomic mass is 32.2. The fourth-order valence-electron chi connectivity index (χ4n) is 3.84. The van der Waals surface area contributed by atoms with Crippen LogP contribution in [-0.2, 0) is 21.2 Å². The summed E-state index contributed by atoms with van der Waals surface area (Å²) in [6, 6.07) is 9.29. The van der Waals surface area contributed by atoms with E-state index in [1.165, 1.54) is 0 Å². The van der Waals surface area contributed by atoms with Crippen LogP contribution in [0.15, 0.2) is 34.7 Å². The normalized spacial score (nSPS) is 19.1. The molecule has 0 unspecified atom stereocenters. The van der Waals surface area contributed by atoms with Crippen molar-refractivity contribution in [3.63, 3.8) is 0 Å². The van der Waals surface area contributed by atoms with Crippen molar-refractivity contribution in [3.05, 3.63) is 53.0 Å². The van der Waals surface area contributed by atoms with Crippen molar-refractivity contribution in [1.82, 2.24) is 4.90 Å². The molecule has 1 aromatic heterocycles. The molecule has 0 radical (unpaired) electrons. The molecule has 0 bridgehead atoms. The molecule has 1 aromatic carbocycles. The van der Waals surface area contributed by atoms with Gasteiger partial charge in [0.1, 0.15) is 17.3 Å². The van der Waals surface area contributed by atoms with Crippen molar-refractivity contribution in [1.29, 1.82) is 0 Å². The molecule has 3 rings (SSSR count). The van der Waals surface area contributed by atoms with Gasteiger partial charge >= 0.3 is 0 Å². The standard InChI is InChI=1S/C23H31NO5S/c1-15(2)21-9-6-16(3)12-22(21)29-18(5)23(25)24(13-20-8-7-17(4)28-20)19-10-11-30(26,27)14-19/h6-9,12,15,18-19H,10-11,13-14H2,1-5H3/t18-,19-/m1/s1. The predicted octanol–water partition coefficient (Wildman–Crippen LogP) is 4.00. The Balaban J connectivity index is 1.84. The van der Waals surface area contributed by atoms with E-state index in [1.54, 1.807) is 11.8 Å². The highest BCUT2D eigenvalue weighted by Crippen LogP contribution is 2.29. The minimum atomic E-state index is -3.13. The van der Waals surface area contributed by atoms with Crippen molar-refractivity contribution in [2.24, 2.45) is 0 Å². The second kappa shape index (κ2) is 8.84. The molecule has 30 heavy (non-hydrogen) atoms. The summed E-state index contributed by atoms with van der Waals surface area (Å²) in [4.78, 5) is 15.0. The first kappa shape index (κ1) is 22.4. The number of amides is 1. The number of hydrogen-bond acceptors (Lipinski definition) is 5. The number of nitrogens with zero attached hydrogens (tertiary/aromatic N) is 1. The summed E-state index contributed by atoms with van der Waals surface area (Å²) in [5, 5.41) is 0. The number of aryl methyl sites for hydroxylation is 2. The van der Waals surface area contributed by atoms with Crippen LogP contribution in [-0.4, -0.2) is 42.9 Å². The Labute approximate surface area is 179 Å². The molecule has 1 aliphatic rings. The van der Waals surface area contributed by atoms with E-state index in [9.17, 15) is 13.2 Å². The van der Waals surface area contributed by atoms with Crippen LogP contribution in [0.1, 0.15) is 55.8 Å². The van der Waals surface area contributed by atoms with E-state index in [1.807, 2.05) is 44.2 Å². The van der Waals surface area contributed by atoms with Gasteiger partial charge in [0.25, 0.3) is 5.91 Å². The molecule has 0 N–H and O–H groups in total. The topological polar surface area (TPSA) is 76.8 Å². The fourth-order valence-corrected chi connectivity index (χ4v) is 5.57.